The number of methoxy groups -OCH3 is 1. The molecule has 102 valence electrons. The first kappa shape index (κ1) is 12.5. The summed E-state index contributed by atoms with van der Waals surface area (Å²) in [6.07, 6.45) is 2.57. The maximum Gasteiger partial charge on any atom is 0.119 e. The van der Waals surface area contributed by atoms with Gasteiger partial charge in [-0.25, -0.2) is 0 Å². The second-order valence-electron chi connectivity index (χ2n) is 5.71. The first-order chi connectivity index (χ1) is 9.13. The van der Waals surface area contributed by atoms with Gasteiger partial charge in [0.25, 0.3) is 0 Å². The Labute approximate surface area is 114 Å². The van der Waals surface area contributed by atoms with Crippen LogP contribution in [0.5, 0.6) is 5.75 Å². The van der Waals surface area contributed by atoms with E-state index in [0.29, 0.717) is 5.41 Å². The van der Waals surface area contributed by atoms with E-state index in [2.05, 4.69) is 36.0 Å². The smallest absolute Gasteiger partial charge is 0.119 e. The quantitative estimate of drug-likeness (QED) is 0.912. The van der Waals surface area contributed by atoms with Crippen LogP contribution in [0.25, 0.3) is 10.9 Å². The molecule has 0 unspecified atom stereocenters. The summed E-state index contributed by atoms with van der Waals surface area (Å²) in [5, 5.41) is 4.71. The summed E-state index contributed by atoms with van der Waals surface area (Å²) < 4.78 is 7.70. The molecule has 3 heteroatoms. The Morgan fingerprint density at radius 1 is 1.37 bits per heavy atom. The van der Waals surface area contributed by atoms with E-state index in [1.54, 1.807) is 7.11 Å². The highest BCUT2D eigenvalue weighted by Crippen LogP contribution is 2.52. The van der Waals surface area contributed by atoms with Crippen LogP contribution in [0.3, 0.4) is 0 Å². The highest BCUT2D eigenvalue weighted by molar-refractivity contribution is 5.88. The minimum atomic E-state index is 0.338. The molecule has 1 saturated carbocycles. The Kier molecular flexibility index (Phi) is 2.82. The molecule has 1 fully saturated rings. The molecule has 1 N–H and O–H groups in total. The summed E-state index contributed by atoms with van der Waals surface area (Å²) in [6, 6.07) is 6.40. The number of rotatable bonds is 4. The van der Waals surface area contributed by atoms with E-state index in [-0.39, 0.29) is 0 Å². The van der Waals surface area contributed by atoms with Crippen molar-refractivity contribution in [2.24, 2.45) is 7.05 Å². The van der Waals surface area contributed by atoms with Gasteiger partial charge in [-0.2, -0.15) is 0 Å². The van der Waals surface area contributed by atoms with Crippen LogP contribution in [-0.4, -0.2) is 25.3 Å². The van der Waals surface area contributed by atoms with Crippen LogP contribution in [0.1, 0.15) is 24.1 Å². The van der Waals surface area contributed by atoms with Gasteiger partial charge in [-0.05, 0) is 50.6 Å². The fourth-order valence-electron chi connectivity index (χ4n) is 3.35. The molecule has 19 heavy (non-hydrogen) atoms. The number of fused-ring (bicyclic) bond motifs is 1. The lowest BCUT2D eigenvalue weighted by Crippen LogP contribution is -2.24. The van der Waals surface area contributed by atoms with E-state index >= 15 is 0 Å². The third-order valence-corrected chi connectivity index (χ3v) is 4.60. The molecule has 3 nitrogen and oxygen atoms in total. The van der Waals surface area contributed by atoms with Gasteiger partial charge in [0.2, 0.25) is 0 Å². The molecular formula is C16H22N2O. The minimum absolute atomic E-state index is 0.338. The van der Waals surface area contributed by atoms with Crippen LogP contribution in [0.4, 0.5) is 0 Å². The van der Waals surface area contributed by atoms with Crippen molar-refractivity contribution in [3.05, 3.63) is 29.5 Å². The van der Waals surface area contributed by atoms with Gasteiger partial charge >= 0.3 is 0 Å². The van der Waals surface area contributed by atoms with E-state index in [1.807, 2.05) is 13.1 Å². The Bertz CT molecular complexity index is 623. The van der Waals surface area contributed by atoms with Gasteiger partial charge in [0.1, 0.15) is 5.75 Å². The summed E-state index contributed by atoms with van der Waals surface area (Å²) in [6.45, 7) is 3.29. The molecule has 0 aliphatic heterocycles. The second-order valence-corrected chi connectivity index (χ2v) is 5.71. The third kappa shape index (κ3) is 1.76. The van der Waals surface area contributed by atoms with E-state index in [9.17, 15) is 0 Å². The van der Waals surface area contributed by atoms with Crippen molar-refractivity contribution in [1.29, 1.82) is 0 Å². The highest BCUT2D eigenvalue weighted by atomic mass is 16.5. The number of hydrogen-bond donors (Lipinski definition) is 1. The normalized spacial score (nSPS) is 16.8. The first-order valence-corrected chi connectivity index (χ1v) is 6.91. The Morgan fingerprint density at radius 3 is 2.68 bits per heavy atom. The topological polar surface area (TPSA) is 26.2 Å². The highest BCUT2D eigenvalue weighted by Gasteiger charge is 2.46. The Balaban J connectivity index is 2.25. The molecule has 3 rings (SSSR count). The lowest BCUT2D eigenvalue weighted by atomic mass is 9.93. The van der Waals surface area contributed by atoms with Crippen LogP contribution >= 0.6 is 0 Å². The molecule has 1 aliphatic rings. The predicted octanol–water partition coefficient (Wildman–Crippen LogP) is 2.75. The van der Waals surface area contributed by atoms with Gasteiger partial charge in [-0.3, -0.25) is 0 Å². The molecule has 0 spiro atoms. The fraction of sp³-hybridized carbons (Fsp3) is 0.500. The van der Waals surface area contributed by atoms with E-state index < -0.39 is 0 Å². The monoisotopic (exact) mass is 258 g/mol. The summed E-state index contributed by atoms with van der Waals surface area (Å²) in [7, 11) is 5.93. The number of aryl methyl sites for hydroxylation is 1. The van der Waals surface area contributed by atoms with E-state index in [1.165, 1.54) is 35.0 Å². The first-order valence-electron chi connectivity index (χ1n) is 6.91. The molecule has 0 radical (unpaired) electrons. The molecule has 1 aromatic heterocycles. The fourth-order valence-corrected chi connectivity index (χ4v) is 3.35. The average Bonchev–Trinajstić information content (AvgIpc) is 3.13. The number of ether oxygens (including phenoxy) is 1. The van der Waals surface area contributed by atoms with Gasteiger partial charge in [0.05, 0.1) is 7.11 Å². The Hall–Kier alpha value is -1.48. The zero-order valence-corrected chi connectivity index (χ0v) is 12.2. The van der Waals surface area contributed by atoms with Crippen molar-refractivity contribution < 1.29 is 4.74 Å². The van der Waals surface area contributed by atoms with Gasteiger partial charge in [-0.1, -0.05) is 0 Å². The molecule has 0 amide bonds. The van der Waals surface area contributed by atoms with Crippen LogP contribution < -0.4 is 10.1 Å². The van der Waals surface area contributed by atoms with Crippen LogP contribution in [0, 0.1) is 6.92 Å². The molecule has 1 aliphatic carbocycles. The summed E-state index contributed by atoms with van der Waals surface area (Å²) in [4.78, 5) is 0. The third-order valence-electron chi connectivity index (χ3n) is 4.60. The maximum atomic E-state index is 5.39. The molecule has 2 aromatic rings. The molecule has 0 saturated heterocycles. The van der Waals surface area contributed by atoms with Crippen molar-refractivity contribution in [2.75, 3.05) is 20.7 Å². The second kappa shape index (κ2) is 4.27. The number of nitrogens with zero attached hydrogens (tertiary/aromatic N) is 1. The number of nitrogens with one attached hydrogen (secondary N) is 1. The minimum Gasteiger partial charge on any atom is -0.497 e. The van der Waals surface area contributed by atoms with Crippen LogP contribution in [-0.2, 0) is 12.5 Å². The van der Waals surface area contributed by atoms with Crippen molar-refractivity contribution in [1.82, 2.24) is 9.88 Å². The average molecular weight is 258 g/mol. The van der Waals surface area contributed by atoms with Gasteiger partial charge in [0.15, 0.2) is 0 Å². The maximum absolute atomic E-state index is 5.39. The van der Waals surface area contributed by atoms with Crippen LogP contribution in [0.2, 0.25) is 0 Å². The standard InChI is InChI=1S/C16H22N2O/c1-11-15(16(7-8-16)10-17-2)13-9-12(19-4)5-6-14(13)18(11)3/h5-6,9,17H,7-8,10H2,1-4H3. The summed E-state index contributed by atoms with van der Waals surface area (Å²) >= 11 is 0. The van der Waals surface area contributed by atoms with Gasteiger partial charge in [0, 0.05) is 35.6 Å². The summed E-state index contributed by atoms with van der Waals surface area (Å²) in [5.74, 6) is 0.944. The van der Waals surface area contributed by atoms with Crippen molar-refractivity contribution in [3.8, 4) is 5.75 Å². The SMILES string of the molecule is CNCC1(c2c(C)n(C)c3ccc(OC)cc23)CC1. The molecule has 1 aromatic carbocycles. The molecule has 0 bridgehead atoms. The molecule has 0 atom stereocenters. The van der Waals surface area contributed by atoms with Crippen molar-refractivity contribution >= 4 is 10.9 Å². The number of aromatic nitrogens is 1. The van der Waals surface area contributed by atoms with Gasteiger partial charge in [-0.15, -0.1) is 0 Å². The number of hydrogen-bond acceptors (Lipinski definition) is 2. The zero-order chi connectivity index (χ0) is 13.6. The zero-order valence-electron chi connectivity index (χ0n) is 12.2. The predicted molar refractivity (Wildman–Crippen MR) is 79.0 cm³/mol. The summed E-state index contributed by atoms with van der Waals surface area (Å²) in [5.41, 5.74) is 4.54. The largest absolute Gasteiger partial charge is 0.497 e. The number of benzene rings is 1. The van der Waals surface area contributed by atoms with Crippen molar-refractivity contribution in [3.63, 3.8) is 0 Å². The van der Waals surface area contributed by atoms with Crippen LogP contribution in [0.15, 0.2) is 18.2 Å². The van der Waals surface area contributed by atoms with E-state index in [0.717, 1.165) is 12.3 Å². The lowest BCUT2D eigenvalue weighted by molar-refractivity contribution is 0.415. The number of likely N-dealkylation sites (N-methyl/N-ethyl adjacent to an activating group) is 1. The molecule has 1 heterocycles. The molecular weight excluding hydrogens is 236 g/mol. The van der Waals surface area contributed by atoms with E-state index in [4.69, 9.17) is 4.74 Å². The van der Waals surface area contributed by atoms with Gasteiger partial charge < -0.3 is 14.6 Å². The lowest BCUT2D eigenvalue weighted by Gasteiger charge is -2.16. The van der Waals surface area contributed by atoms with Crippen molar-refractivity contribution in [2.45, 2.75) is 25.2 Å². The Morgan fingerprint density at radius 2 is 2.11 bits per heavy atom.